The average molecular weight is 343 g/mol. The van der Waals surface area contributed by atoms with Crippen molar-refractivity contribution in [2.24, 2.45) is 5.73 Å². The van der Waals surface area contributed by atoms with Gasteiger partial charge in [-0.3, -0.25) is 4.98 Å². The number of alkyl halides is 2. The number of aromatic nitrogens is 1. The Labute approximate surface area is 123 Å². The molecule has 2 N–H and O–H groups in total. The van der Waals surface area contributed by atoms with Crippen LogP contribution >= 0.6 is 15.9 Å². The highest BCUT2D eigenvalue weighted by Gasteiger charge is 2.09. The van der Waals surface area contributed by atoms with E-state index in [1.807, 2.05) is 12.1 Å². The standard InChI is InChI=1S/C14H13BrF2N2O/c15-10-3-4-11(19-8-10)7-13(18)9-1-5-12(6-2-9)20-14(16)17/h1-6,8,13-14H,7,18H2. The molecule has 2 rings (SSSR count). The van der Waals surface area contributed by atoms with Crippen LogP contribution in [0.5, 0.6) is 5.75 Å². The Hall–Kier alpha value is -1.53. The highest BCUT2D eigenvalue weighted by atomic mass is 79.9. The number of hydrogen-bond donors (Lipinski definition) is 1. The Morgan fingerprint density at radius 3 is 2.40 bits per heavy atom. The molecule has 0 aliphatic carbocycles. The first-order chi connectivity index (χ1) is 9.54. The van der Waals surface area contributed by atoms with Gasteiger partial charge in [0.25, 0.3) is 0 Å². The minimum Gasteiger partial charge on any atom is -0.435 e. The second kappa shape index (κ2) is 6.76. The number of nitrogens with zero attached hydrogens (tertiary/aromatic N) is 1. The summed E-state index contributed by atoms with van der Waals surface area (Å²) in [4.78, 5) is 4.25. The average Bonchev–Trinajstić information content (AvgIpc) is 2.41. The maximum absolute atomic E-state index is 12.0. The van der Waals surface area contributed by atoms with Crippen LogP contribution < -0.4 is 10.5 Å². The van der Waals surface area contributed by atoms with Crippen molar-refractivity contribution < 1.29 is 13.5 Å². The van der Waals surface area contributed by atoms with E-state index in [1.54, 1.807) is 18.3 Å². The molecular weight excluding hydrogens is 330 g/mol. The predicted octanol–water partition coefficient (Wildman–Crippen LogP) is 3.69. The third kappa shape index (κ3) is 4.25. The maximum atomic E-state index is 12.0. The van der Waals surface area contributed by atoms with Crippen LogP contribution in [0, 0.1) is 0 Å². The van der Waals surface area contributed by atoms with Crippen LogP contribution in [0.1, 0.15) is 17.3 Å². The van der Waals surface area contributed by atoms with E-state index < -0.39 is 6.61 Å². The SMILES string of the molecule is NC(Cc1ccc(Br)cn1)c1ccc(OC(F)F)cc1. The maximum Gasteiger partial charge on any atom is 0.387 e. The second-order valence-electron chi connectivity index (χ2n) is 4.23. The van der Waals surface area contributed by atoms with Crippen molar-refractivity contribution in [2.75, 3.05) is 0 Å². The highest BCUT2D eigenvalue weighted by molar-refractivity contribution is 9.10. The number of pyridine rings is 1. The third-order valence-corrected chi connectivity index (χ3v) is 3.22. The van der Waals surface area contributed by atoms with E-state index in [1.165, 1.54) is 12.1 Å². The van der Waals surface area contributed by atoms with Gasteiger partial charge in [0.15, 0.2) is 0 Å². The molecule has 1 aromatic heterocycles. The van der Waals surface area contributed by atoms with Crippen LogP contribution in [0.25, 0.3) is 0 Å². The lowest BCUT2D eigenvalue weighted by atomic mass is 10.0. The summed E-state index contributed by atoms with van der Waals surface area (Å²) in [7, 11) is 0. The molecule has 0 amide bonds. The lowest BCUT2D eigenvalue weighted by Gasteiger charge is -2.12. The van der Waals surface area contributed by atoms with Crippen LogP contribution in [0.3, 0.4) is 0 Å². The zero-order chi connectivity index (χ0) is 14.5. The first kappa shape index (κ1) is 14.9. The van der Waals surface area contributed by atoms with E-state index in [4.69, 9.17) is 5.73 Å². The Bertz CT molecular complexity index is 546. The van der Waals surface area contributed by atoms with Gasteiger partial charge in [-0.25, -0.2) is 0 Å². The molecule has 20 heavy (non-hydrogen) atoms. The molecule has 0 fully saturated rings. The number of ether oxygens (including phenoxy) is 1. The zero-order valence-corrected chi connectivity index (χ0v) is 12.1. The fourth-order valence-corrected chi connectivity index (χ4v) is 2.00. The Kier molecular flexibility index (Phi) is 5.03. The molecule has 0 aliphatic rings. The van der Waals surface area contributed by atoms with Crippen LogP contribution in [0.4, 0.5) is 8.78 Å². The van der Waals surface area contributed by atoms with Gasteiger partial charge in [-0.2, -0.15) is 8.78 Å². The van der Waals surface area contributed by atoms with Gasteiger partial charge in [0.05, 0.1) is 0 Å². The van der Waals surface area contributed by atoms with E-state index >= 15 is 0 Å². The minimum absolute atomic E-state index is 0.123. The first-order valence-electron chi connectivity index (χ1n) is 5.95. The van der Waals surface area contributed by atoms with Gasteiger partial charge in [0.1, 0.15) is 5.75 Å². The van der Waals surface area contributed by atoms with Gasteiger partial charge < -0.3 is 10.5 Å². The van der Waals surface area contributed by atoms with E-state index in [0.29, 0.717) is 6.42 Å². The molecule has 0 spiro atoms. The molecule has 0 aliphatic heterocycles. The van der Waals surface area contributed by atoms with Gasteiger partial charge in [-0.1, -0.05) is 12.1 Å². The van der Waals surface area contributed by atoms with Crippen molar-refractivity contribution in [1.29, 1.82) is 0 Å². The van der Waals surface area contributed by atoms with Crippen LogP contribution in [0.15, 0.2) is 47.1 Å². The lowest BCUT2D eigenvalue weighted by Crippen LogP contribution is -2.14. The van der Waals surface area contributed by atoms with Crippen molar-refractivity contribution in [3.63, 3.8) is 0 Å². The highest BCUT2D eigenvalue weighted by Crippen LogP contribution is 2.20. The van der Waals surface area contributed by atoms with E-state index in [2.05, 4.69) is 25.7 Å². The largest absolute Gasteiger partial charge is 0.435 e. The van der Waals surface area contributed by atoms with Crippen LogP contribution in [-0.2, 0) is 6.42 Å². The molecule has 1 heterocycles. The molecule has 0 bridgehead atoms. The zero-order valence-electron chi connectivity index (χ0n) is 10.5. The smallest absolute Gasteiger partial charge is 0.387 e. The third-order valence-electron chi connectivity index (χ3n) is 2.75. The Balaban J connectivity index is 2.01. The normalized spacial score (nSPS) is 12.4. The van der Waals surface area contributed by atoms with Gasteiger partial charge in [0.2, 0.25) is 0 Å². The van der Waals surface area contributed by atoms with Crippen molar-refractivity contribution >= 4 is 15.9 Å². The van der Waals surface area contributed by atoms with Crippen LogP contribution in [-0.4, -0.2) is 11.6 Å². The summed E-state index contributed by atoms with van der Waals surface area (Å²) in [6.45, 7) is -2.82. The summed E-state index contributed by atoms with van der Waals surface area (Å²) in [5.41, 5.74) is 7.79. The monoisotopic (exact) mass is 342 g/mol. The number of hydrogen-bond acceptors (Lipinski definition) is 3. The predicted molar refractivity (Wildman–Crippen MR) is 75.6 cm³/mol. The summed E-state index contributed by atoms with van der Waals surface area (Å²) < 4.78 is 29.3. The molecular formula is C14H13BrF2N2O. The van der Waals surface area contributed by atoms with Gasteiger partial charge in [-0.15, -0.1) is 0 Å². The topological polar surface area (TPSA) is 48.1 Å². The Morgan fingerprint density at radius 2 is 1.85 bits per heavy atom. The number of halogens is 3. The quantitative estimate of drug-likeness (QED) is 0.901. The molecule has 3 nitrogen and oxygen atoms in total. The van der Waals surface area contributed by atoms with Crippen molar-refractivity contribution in [3.8, 4) is 5.75 Å². The molecule has 0 radical (unpaired) electrons. The molecule has 1 unspecified atom stereocenters. The van der Waals surface area contributed by atoms with Crippen molar-refractivity contribution in [3.05, 3.63) is 58.3 Å². The van der Waals surface area contributed by atoms with E-state index in [-0.39, 0.29) is 11.8 Å². The molecule has 1 atom stereocenters. The lowest BCUT2D eigenvalue weighted by molar-refractivity contribution is -0.0498. The summed E-state index contributed by atoms with van der Waals surface area (Å²) >= 11 is 3.32. The molecule has 0 saturated heterocycles. The summed E-state index contributed by atoms with van der Waals surface area (Å²) in [6, 6.07) is 9.87. The van der Waals surface area contributed by atoms with Crippen LogP contribution in [0.2, 0.25) is 0 Å². The van der Waals surface area contributed by atoms with E-state index in [0.717, 1.165) is 15.7 Å². The minimum atomic E-state index is -2.82. The number of nitrogens with two attached hydrogens (primary N) is 1. The number of benzene rings is 1. The molecule has 1 aromatic carbocycles. The van der Waals surface area contributed by atoms with Gasteiger partial charge in [0, 0.05) is 28.8 Å². The van der Waals surface area contributed by atoms with E-state index in [9.17, 15) is 8.78 Å². The van der Waals surface area contributed by atoms with Crippen molar-refractivity contribution in [2.45, 2.75) is 19.1 Å². The Morgan fingerprint density at radius 1 is 1.15 bits per heavy atom. The van der Waals surface area contributed by atoms with Gasteiger partial charge in [-0.05, 0) is 45.8 Å². The van der Waals surface area contributed by atoms with Gasteiger partial charge >= 0.3 is 6.61 Å². The summed E-state index contributed by atoms with van der Waals surface area (Å²) in [6.07, 6.45) is 2.28. The van der Waals surface area contributed by atoms with Crippen molar-refractivity contribution in [1.82, 2.24) is 4.98 Å². The number of rotatable bonds is 5. The second-order valence-corrected chi connectivity index (χ2v) is 5.14. The first-order valence-corrected chi connectivity index (χ1v) is 6.74. The fourth-order valence-electron chi connectivity index (χ4n) is 1.77. The summed E-state index contributed by atoms with van der Waals surface area (Å²) in [5.74, 6) is 0.123. The fraction of sp³-hybridized carbons (Fsp3) is 0.214. The molecule has 0 saturated carbocycles. The molecule has 106 valence electrons. The molecule has 2 aromatic rings. The molecule has 6 heteroatoms. The summed E-state index contributed by atoms with van der Waals surface area (Å²) in [5, 5.41) is 0.